The summed E-state index contributed by atoms with van der Waals surface area (Å²) in [5, 5.41) is 12.8. The van der Waals surface area contributed by atoms with E-state index in [1.165, 1.54) is 18.9 Å². The molecule has 0 saturated heterocycles. The summed E-state index contributed by atoms with van der Waals surface area (Å²) in [6, 6.07) is 9.42. The van der Waals surface area contributed by atoms with Gasteiger partial charge in [0.15, 0.2) is 5.57 Å². The number of carbonyl (C=O) groups excluding carboxylic acids is 1. The van der Waals surface area contributed by atoms with Crippen molar-refractivity contribution in [1.29, 1.82) is 5.26 Å². The van der Waals surface area contributed by atoms with E-state index in [4.69, 9.17) is 14.2 Å². The maximum atomic E-state index is 11.9. The van der Waals surface area contributed by atoms with E-state index in [0.717, 1.165) is 11.3 Å². The van der Waals surface area contributed by atoms with Crippen LogP contribution in [0.5, 0.6) is 5.75 Å². The van der Waals surface area contributed by atoms with Crippen molar-refractivity contribution in [2.24, 2.45) is 0 Å². The summed E-state index contributed by atoms with van der Waals surface area (Å²) in [5.41, 5.74) is 0.963. The molecule has 0 aliphatic heterocycles. The van der Waals surface area contributed by atoms with E-state index in [1.54, 1.807) is 13.4 Å². The summed E-state index contributed by atoms with van der Waals surface area (Å²) in [5.74, 6) is 0.116. The summed E-state index contributed by atoms with van der Waals surface area (Å²) >= 11 is 1.29. The highest BCUT2D eigenvalue weighted by Gasteiger charge is 2.16. The van der Waals surface area contributed by atoms with Crippen LogP contribution >= 0.6 is 11.8 Å². The molecule has 0 aromatic heterocycles. The minimum absolute atomic E-state index is 0.0397. The Morgan fingerprint density at radius 1 is 1.26 bits per heavy atom. The van der Waals surface area contributed by atoms with E-state index in [2.05, 4.69) is 5.32 Å². The van der Waals surface area contributed by atoms with Crippen LogP contribution in [0.25, 0.3) is 0 Å². The monoisotopic (exact) mass is 336 g/mol. The van der Waals surface area contributed by atoms with Crippen molar-refractivity contribution in [2.75, 3.05) is 33.7 Å². The van der Waals surface area contributed by atoms with Crippen molar-refractivity contribution in [3.63, 3.8) is 0 Å². The van der Waals surface area contributed by atoms with Crippen LogP contribution in [0.3, 0.4) is 0 Å². The first kappa shape index (κ1) is 18.9. The zero-order valence-electron chi connectivity index (χ0n) is 13.4. The van der Waals surface area contributed by atoms with Crippen molar-refractivity contribution >= 4 is 17.7 Å². The molecule has 6 nitrogen and oxygen atoms in total. The lowest BCUT2D eigenvalue weighted by atomic mass is 10.2. The van der Waals surface area contributed by atoms with Gasteiger partial charge in [0.25, 0.3) is 0 Å². The average Bonchev–Trinajstić information content (AvgIpc) is 2.59. The summed E-state index contributed by atoms with van der Waals surface area (Å²) in [6.45, 7) is 0.885. The molecule has 0 atom stereocenters. The number of thioether (sulfide) groups is 1. The molecule has 0 unspecified atom stereocenters. The Balaban J connectivity index is 2.74. The molecule has 23 heavy (non-hydrogen) atoms. The number of nitrogens with zero attached hydrogens (tertiary/aromatic N) is 1. The minimum Gasteiger partial charge on any atom is -0.497 e. The molecule has 1 aromatic rings. The van der Waals surface area contributed by atoms with E-state index in [-0.39, 0.29) is 12.2 Å². The smallest absolute Gasteiger partial charge is 0.351 e. The Kier molecular flexibility index (Phi) is 8.65. The topological polar surface area (TPSA) is 80.6 Å². The van der Waals surface area contributed by atoms with Crippen molar-refractivity contribution in [2.45, 2.75) is 6.54 Å². The van der Waals surface area contributed by atoms with Crippen molar-refractivity contribution in [3.05, 3.63) is 40.4 Å². The molecular formula is C16H20N2O4S. The van der Waals surface area contributed by atoms with Crippen LogP contribution in [-0.4, -0.2) is 39.7 Å². The average molecular weight is 336 g/mol. The van der Waals surface area contributed by atoms with Gasteiger partial charge in [0, 0.05) is 13.7 Å². The molecule has 1 N–H and O–H groups in total. The van der Waals surface area contributed by atoms with Gasteiger partial charge in [-0.15, -0.1) is 11.8 Å². The molecule has 0 aliphatic carbocycles. The van der Waals surface area contributed by atoms with Crippen LogP contribution in [0.2, 0.25) is 0 Å². The van der Waals surface area contributed by atoms with Gasteiger partial charge in [-0.25, -0.2) is 4.79 Å². The third-order valence-electron chi connectivity index (χ3n) is 2.88. The number of rotatable bonds is 9. The van der Waals surface area contributed by atoms with Crippen molar-refractivity contribution in [3.8, 4) is 11.8 Å². The number of methoxy groups -OCH3 is 2. The molecule has 0 spiro atoms. The molecule has 0 aliphatic rings. The van der Waals surface area contributed by atoms with Gasteiger partial charge in [-0.2, -0.15) is 5.26 Å². The van der Waals surface area contributed by atoms with Crippen LogP contribution in [-0.2, 0) is 20.8 Å². The van der Waals surface area contributed by atoms with E-state index < -0.39 is 5.97 Å². The highest BCUT2D eigenvalue weighted by Crippen LogP contribution is 2.17. The minimum atomic E-state index is -0.656. The predicted octanol–water partition coefficient (Wildman–Crippen LogP) is 2.07. The number of benzene rings is 1. The standard InChI is InChI=1S/C16H20N2O4S/c1-20-8-9-22-16(19)14(10-17)15(23-3)18-11-12-4-6-13(21-2)7-5-12/h4-7,18H,8-9,11H2,1-3H3/b15-14-. The van der Waals surface area contributed by atoms with Gasteiger partial charge >= 0.3 is 5.97 Å². The van der Waals surface area contributed by atoms with E-state index in [9.17, 15) is 10.1 Å². The largest absolute Gasteiger partial charge is 0.497 e. The maximum Gasteiger partial charge on any atom is 0.351 e. The molecule has 0 bridgehead atoms. The predicted molar refractivity (Wildman–Crippen MR) is 88.8 cm³/mol. The second-order valence-electron chi connectivity index (χ2n) is 4.35. The Bertz CT molecular complexity index is 579. The Labute approximate surface area is 140 Å². The highest BCUT2D eigenvalue weighted by molar-refractivity contribution is 8.02. The van der Waals surface area contributed by atoms with Gasteiger partial charge in [0.1, 0.15) is 18.4 Å². The quantitative estimate of drug-likeness (QED) is 0.320. The first-order valence-electron chi connectivity index (χ1n) is 6.87. The summed E-state index contributed by atoms with van der Waals surface area (Å²) in [6.07, 6.45) is 1.79. The van der Waals surface area contributed by atoms with E-state index in [0.29, 0.717) is 18.2 Å². The molecule has 0 radical (unpaired) electrons. The summed E-state index contributed by atoms with van der Waals surface area (Å²) in [7, 11) is 3.12. The molecule has 124 valence electrons. The fraction of sp³-hybridized carbons (Fsp3) is 0.375. The van der Waals surface area contributed by atoms with Gasteiger partial charge in [-0.1, -0.05) is 12.1 Å². The van der Waals surface area contributed by atoms with Crippen LogP contribution in [0.1, 0.15) is 5.56 Å². The highest BCUT2D eigenvalue weighted by atomic mass is 32.2. The molecule has 7 heteroatoms. The molecule has 0 amide bonds. The van der Waals surface area contributed by atoms with Gasteiger partial charge in [-0.3, -0.25) is 0 Å². The van der Waals surface area contributed by atoms with Gasteiger partial charge in [-0.05, 0) is 24.0 Å². The third-order valence-corrected chi connectivity index (χ3v) is 3.64. The van der Waals surface area contributed by atoms with Gasteiger partial charge in [0.05, 0.1) is 18.7 Å². The molecule has 1 rings (SSSR count). The lowest BCUT2D eigenvalue weighted by Gasteiger charge is -2.11. The fourth-order valence-electron chi connectivity index (χ4n) is 1.67. The lowest BCUT2D eigenvalue weighted by Crippen LogP contribution is -2.18. The third kappa shape index (κ3) is 6.22. The zero-order valence-corrected chi connectivity index (χ0v) is 14.2. The Hall–Kier alpha value is -2.17. The number of nitrogens with one attached hydrogen (secondary N) is 1. The molecule has 1 aromatic carbocycles. The summed E-state index contributed by atoms with van der Waals surface area (Å²) < 4.78 is 14.9. The SMILES string of the molecule is COCCOC(=O)/C(C#N)=C(/NCc1ccc(OC)cc1)SC. The van der Waals surface area contributed by atoms with Gasteiger partial charge in [0.2, 0.25) is 0 Å². The number of ether oxygens (including phenoxy) is 3. The first-order valence-corrected chi connectivity index (χ1v) is 8.10. The fourth-order valence-corrected chi connectivity index (χ4v) is 2.22. The van der Waals surface area contributed by atoms with Crippen LogP contribution < -0.4 is 10.1 Å². The molecule has 0 heterocycles. The second kappa shape index (κ2) is 10.5. The van der Waals surface area contributed by atoms with Gasteiger partial charge < -0.3 is 19.5 Å². The van der Waals surface area contributed by atoms with Crippen molar-refractivity contribution < 1.29 is 19.0 Å². The number of carbonyl (C=O) groups is 1. The molecular weight excluding hydrogens is 316 g/mol. The first-order chi connectivity index (χ1) is 11.2. The number of hydrogen-bond donors (Lipinski definition) is 1. The number of esters is 1. The van der Waals surface area contributed by atoms with Crippen LogP contribution in [0.15, 0.2) is 34.9 Å². The molecule has 0 saturated carbocycles. The normalized spacial score (nSPS) is 11.2. The second-order valence-corrected chi connectivity index (χ2v) is 5.17. The van der Waals surface area contributed by atoms with E-state index >= 15 is 0 Å². The van der Waals surface area contributed by atoms with E-state index in [1.807, 2.05) is 30.3 Å². The zero-order chi connectivity index (χ0) is 17.1. The lowest BCUT2D eigenvalue weighted by molar-refractivity contribution is -0.139. The number of nitriles is 1. The van der Waals surface area contributed by atoms with Crippen molar-refractivity contribution in [1.82, 2.24) is 5.32 Å². The Morgan fingerprint density at radius 3 is 2.48 bits per heavy atom. The molecule has 0 fully saturated rings. The summed E-state index contributed by atoms with van der Waals surface area (Å²) in [4.78, 5) is 11.9. The van der Waals surface area contributed by atoms with Crippen LogP contribution in [0, 0.1) is 11.3 Å². The Morgan fingerprint density at radius 2 is 1.96 bits per heavy atom. The number of hydrogen-bond acceptors (Lipinski definition) is 7. The van der Waals surface area contributed by atoms with Crippen LogP contribution in [0.4, 0.5) is 0 Å². The maximum absolute atomic E-state index is 11.9.